The van der Waals surface area contributed by atoms with Crippen molar-refractivity contribution in [3.63, 3.8) is 0 Å². The molecule has 0 aromatic rings. The van der Waals surface area contributed by atoms with Crippen molar-refractivity contribution in [3.05, 3.63) is 12.7 Å². The molecule has 0 aliphatic rings. The van der Waals surface area contributed by atoms with Crippen LogP contribution in [0.4, 0.5) is 0 Å². The van der Waals surface area contributed by atoms with Crippen LogP contribution in [0.15, 0.2) is 12.7 Å². The summed E-state index contributed by atoms with van der Waals surface area (Å²) in [6.45, 7) is 3.44. The molecular weight excluding hydrogens is 104 g/mol. The second-order valence-electron chi connectivity index (χ2n) is 1.55. The zero-order valence-corrected chi connectivity index (χ0v) is 4.72. The molecule has 0 atom stereocenters. The largest absolute Gasteiger partial charge is 0.550 e. The lowest BCUT2D eigenvalue weighted by molar-refractivity contribution is -0.305. The maximum Gasteiger partial charge on any atom is 0.0414 e. The SMILES string of the molecule is C=CCCCC(=O)[O-]. The van der Waals surface area contributed by atoms with Gasteiger partial charge < -0.3 is 9.90 Å². The number of allylic oxidation sites excluding steroid dienone is 1. The monoisotopic (exact) mass is 113 g/mol. The minimum atomic E-state index is -0.980. The van der Waals surface area contributed by atoms with Gasteiger partial charge in [-0.2, -0.15) is 0 Å². The number of hydrogen-bond acceptors (Lipinski definition) is 2. The average molecular weight is 113 g/mol. The normalized spacial score (nSPS) is 8.50. The average Bonchev–Trinajstić information content (AvgIpc) is 1.66. The molecule has 0 saturated heterocycles. The molecule has 0 bridgehead atoms. The maximum atomic E-state index is 9.73. The lowest BCUT2D eigenvalue weighted by Gasteiger charge is -1.96. The van der Waals surface area contributed by atoms with E-state index in [9.17, 15) is 9.90 Å². The van der Waals surface area contributed by atoms with Gasteiger partial charge in [0.05, 0.1) is 0 Å². The minimum absolute atomic E-state index is 0.145. The fraction of sp³-hybridized carbons (Fsp3) is 0.500. The van der Waals surface area contributed by atoms with Crippen molar-refractivity contribution < 1.29 is 9.90 Å². The Morgan fingerprint density at radius 3 is 2.75 bits per heavy atom. The summed E-state index contributed by atoms with van der Waals surface area (Å²) < 4.78 is 0. The Kier molecular flexibility index (Phi) is 3.94. The van der Waals surface area contributed by atoms with Gasteiger partial charge in [-0.15, -0.1) is 6.58 Å². The zero-order chi connectivity index (χ0) is 6.41. The van der Waals surface area contributed by atoms with E-state index < -0.39 is 5.97 Å². The summed E-state index contributed by atoms with van der Waals surface area (Å²) >= 11 is 0. The van der Waals surface area contributed by atoms with Crippen molar-refractivity contribution in [3.8, 4) is 0 Å². The van der Waals surface area contributed by atoms with Crippen LogP contribution in [0.25, 0.3) is 0 Å². The van der Waals surface area contributed by atoms with Crippen LogP contribution in [0.2, 0.25) is 0 Å². The maximum absolute atomic E-state index is 9.73. The second kappa shape index (κ2) is 4.37. The van der Waals surface area contributed by atoms with E-state index in [2.05, 4.69) is 6.58 Å². The Bertz CT molecular complexity index is 86.5. The number of hydrogen-bond donors (Lipinski definition) is 0. The molecule has 0 aliphatic heterocycles. The number of carboxylic acid groups (broad SMARTS) is 1. The van der Waals surface area contributed by atoms with Gasteiger partial charge in [0.25, 0.3) is 0 Å². The number of carbonyl (C=O) groups is 1. The molecule has 0 aromatic carbocycles. The fourth-order valence-electron chi connectivity index (χ4n) is 0.391. The minimum Gasteiger partial charge on any atom is -0.550 e. The summed E-state index contributed by atoms with van der Waals surface area (Å²) in [7, 11) is 0. The van der Waals surface area contributed by atoms with Crippen LogP contribution in [0.3, 0.4) is 0 Å². The van der Waals surface area contributed by atoms with Crippen LogP contribution in [0.1, 0.15) is 19.3 Å². The highest BCUT2D eigenvalue weighted by atomic mass is 16.4. The first kappa shape index (κ1) is 7.21. The Hall–Kier alpha value is -0.790. The summed E-state index contributed by atoms with van der Waals surface area (Å²) in [5.74, 6) is -0.980. The van der Waals surface area contributed by atoms with E-state index in [0.29, 0.717) is 6.42 Å². The molecule has 0 rings (SSSR count). The summed E-state index contributed by atoms with van der Waals surface area (Å²) in [6.07, 6.45) is 3.24. The van der Waals surface area contributed by atoms with Crippen molar-refractivity contribution in [1.82, 2.24) is 0 Å². The van der Waals surface area contributed by atoms with Gasteiger partial charge in [0.2, 0.25) is 0 Å². The molecule has 0 amide bonds. The van der Waals surface area contributed by atoms with E-state index in [-0.39, 0.29) is 6.42 Å². The van der Waals surface area contributed by atoms with Crippen LogP contribution in [0, 0.1) is 0 Å². The molecule has 0 heterocycles. The van der Waals surface area contributed by atoms with Crippen molar-refractivity contribution in [2.24, 2.45) is 0 Å². The molecule has 0 aromatic heterocycles. The number of carbonyl (C=O) groups excluding carboxylic acids is 1. The standard InChI is InChI=1S/C6H10O2/c1-2-3-4-5-6(7)8/h2H,1,3-5H2,(H,7,8)/p-1. The molecule has 2 nitrogen and oxygen atoms in total. The first-order chi connectivity index (χ1) is 3.77. The van der Waals surface area contributed by atoms with E-state index in [1.165, 1.54) is 0 Å². The second-order valence-corrected chi connectivity index (χ2v) is 1.55. The molecule has 46 valence electrons. The summed E-state index contributed by atoms with van der Waals surface area (Å²) in [4.78, 5) is 9.73. The zero-order valence-electron chi connectivity index (χ0n) is 4.72. The third-order valence-electron chi connectivity index (χ3n) is 0.789. The number of rotatable bonds is 4. The predicted octanol–water partition coefficient (Wildman–Crippen LogP) is 0.0926. The van der Waals surface area contributed by atoms with Crippen LogP contribution in [-0.4, -0.2) is 5.97 Å². The van der Waals surface area contributed by atoms with Crippen molar-refractivity contribution in [1.29, 1.82) is 0 Å². The lowest BCUT2D eigenvalue weighted by atomic mass is 10.2. The lowest BCUT2D eigenvalue weighted by Crippen LogP contribution is -2.21. The molecule has 0 fully saturated rings. The van der Waals surface area contributed by atoms with Crippen LogP contribution in [-0.2, 0) is 4.79 Å². The van der Waals surface area contributed by atoms with Crippen molar-refractivity contribution >= 4 is 5.97 Å². The highest BCUT2D eigenvalue weighted by Gasteiger charge is 1.82. The molecule has 2 heteroatoms. The smallest absolute Gasteiger partial charge is 0.0414 e. The topological polar surface area (TPSA) is 40.1 Å². The third-order valence-corrected chi connectivity index (χ3v) is 0.789. The van der Waals surface area contributed by atoms with Gasteiger partial charge in [0.15, 0.2) is 0 Å². The van der Waals surface area contributed by atoms with Gasteiger partial charge >= 0.3 is 0 Å². The Balaban J connectivity index is 2.93. The highest BCUT2D eigenvalue weighted by Crippen LogP contribution is 1.92. The van der Waals surface area contributed by atoms with Gasteiger partial charge in [-0.1, -0.05) is 6.08 Å². The number of carboxylic acids is 1. The number of aliphatic carboxylic acids is 1. The van der Waals surface area contributed by atoms with Gasteiger partial charge in [-0.05, 0) is 19.3 Å². The van der Waals surface area contributed by atoms with E-state index in [1.54, 1.807) is 6.08 Å². The summed E-state index contributed by atoms with van der Waals surface area (Å²) in [5.41, 5.74) is 0. The van der Waals surface area contributed by atoms with E-state index in [1.807, 2.05) is 0 Å². The fourth-order valence-corrected chi connectivity index (χ4v) is 0.391. The summed E-state index contributed by atoms with van der Waals surface area (Å²) in [5, 5.41) is 9.73. The molecule has 0 saturated carbocycles. The molecule has 0 unspecified atom stereocenters. The van der Waals surface area contributed by atoms with Crippen molar-refractivity contribution in [2.75, 3.05) is 0 Å². The first-order valence-corrected chi connectivity index (χ1v) is 2.58. The Morgan fingerprint density at radius 1 is 1.75 bits per heavy atom. The molecule has 0 spiro atoms. The van der Waals surface area contributed by atoms with Crippen LogP contribution in [0.5, 0.6) is 0 Å². The van der Waals surface area contributed by atoms with Gasteiger partial charge in [-0.25, -0.2) is 0 Å². The molecular formula is C6H9O2-. The quantitative estimate of drug-likeness (QED) is 0.383. The van der Waals surface area contributed by atoms with Crippen LogP contribution < -0.4 is 5.11 Å². The molecule has 0 N–H and O–H groups in total. The molecule has 0 aliphatic carbocycles. The third kappa shape index (κ3) is 5.21. The Labute approximate surface area is 48.8 Å². The molecule has 0 radical (unpaired) electrons. The van der Waals surface area contributed by atoms with E-state index in [4.69, 9.17) is 0 Å². The first-order valence-electron chi connectivity index (χ1n) is 2.58. The van der Waals surface area contributed by atoms with Gasteiger partial charge in [-0.3, -0.25) is 0 Å². The van der Waals surface area contributed by atoms with Gasteiger partial charge in [0.1, 0.15) is 0 Å². The predicted molar refractivity (Wildman–Crippen MR) is 29.1 cm³/mol. The highest BCUT2D eigenvalue weighted by molar-refractivity contribution is 5.64. The molecule has 8 heavy (non-hydrogen) atoms. The number of unbranched alkanes of at least 4 members (excludes halogenated alkanes) is 1. The van der Waals surface area contributed by atoms with Gasteiger partial charge in [0, 0.05) is 5.97 Å². The summed E-state index contributed by atoms with van der Waals surface area (Å²) in [6, 6.07) is 0. The Morgan fingerprint density at radius 2 is 2.38 bits per heavy atom. The van der Waals surface area contributed by atoms with Crippen molar-refractivity contribution in [2.45, 2.75) is 19.3 Å². The van der Waals surface area contributed by atoms with E-state index >= 15 is 0 Å². The van der Waals surface area contributed by atoms with E-state index in [0.717, 1.165) is 6.42 Å². The van der Waals surface area contributed by atoms with Crippen LogP contribution >= 0.6 is 0 Å².